The molecule has 1 aromatic rings. The predicted molar refractivity (Wildman–Crippen MR) is 66.9 cm³/mol. The van der Waals surface area contributed by atoms with Crippen LogP contribution in [0.2, 0.25) is 0 Å². The van der Waals surface area contributed by atoms with Gasteiger partial charge in [0.25, 0.3) is 0 Å². The second-order valence-corrected chi connectivity index (χ2v) is 5.43. The van der Waals surface area contributed by atoms with Gasteiger partial charge in [-0.2, -0.15) is 0 Å². The lowest BCUT2D eigenvalue weighted by Crippen LogP contribution is -2.34. The van der Waals surface area contributed by atoms with E-state index >= 15 is 0 Å². The number of benzene rings is 1. The molecule has 0 radical (unpaired) electrons. The lowest BCUT2D eigenvalue weighted by Gasteiger charge is -2.29. The molecule has 0 aliphatic carbocycles. The summed E-state index contributed by atoms with van der Waals surface area (Å²) in [6, 6.07) is 8.47. The summed E-state index contributed by atoms with van der Waals surface area (Å²) in [5.41, 5.74) is 2.50. The standard InChI is InChI=1S/C14H19NO2/c1-10-5-4-6-11(7-10)8-14(2,3)12-9-15-13(16)17-12/h4-7,12H,8-9H2,1-3H3,(H,15,16). The van der Waals surface area contributed by atoms with Crippen LogP contribution in [-0.2, 0) is 11.2 Å². The third-order valence-electron chi connectivity index (χ3n) is 3.29. The van der Waals surface area contributed by atoms with E-state index in [1.54, 1.807) is 0 Å². The van der Waals surface area contributed by atoms with Gasteiger partial charge in [0.1, 0.15) is 6.10 Å². The maximum absolute atomic E-state index is 11.1. The van der Waals surface area contributed by atoms with Gasteiger partial charge < -0.3 is 10.1 Å². The molecule has 0 spiro atoms. The van der Waals surface area contributed by atoms with Crippen molar-refractivity contribution in [3.63, 3.8) is 0 Å². The molecule has 1 aromatic carbocycles. The number of rotatable bonds is 3. The molecule has 3 heteroatoms. The molecule has 2 rings (SSSR count). The second kappa shape index (κ2) is 4.40. The third-order valence-corrected chi connectivity index (χ3v) is 3.29. The van der Waals surface area contributed by atoms with Crippen LogP contribution in [0.3, 0.4) is 0 Å². The summed E-state index contributed by atoms with van der Waals surface area (Å²) >= 11 is 0. The Kier molecular flexibility index (Phi) is 3.09. The monoisotopic (exact) mass is 233 g/mol. The van der Waals surface area contributed by atoms with E-state index in [1.807, 2.05) is 0 Å². The molecular formula is C14H19NO2. The highest BCUT2D eigenvalue weighted by atomic mass is 16.6. The minimum atomic E-state index is -0.299. The van der Waals surface area contributed by atoms with E-state index in [2.05, 4.69) is 50.4 Å². The molecule has 1 amide bonds. The average Bonchev–Trinajstić information content (AvgIpc) is 2.65. The Hall–Kier alpha value is -1.51. The number of hydrogen-bond donors (Lipinski definition) is 1. The fraction of sp³-hybridized carbons (Fsp3) is 0.500. The van der Waals surface area contributed by atoms with E-state index in [1.165, 1.54) is 11.1 Å². The fourth-order valence-corrected chi connectivity index (χ4v) is 2.29. The number of alkyl carbamates (subject to hydrolysis) is 1. The minimum Gasteiger partial charge on any atom is -0.444 e. The summed E-state index contributed by atoms with van der Waals surface area (Å²) in [4.78, 5) is 11.1. The summed E-state index contributed by atoms with van der Waals surface area (Å²) in [7, 11) is 0. The third kappa shape index (κ3) is 2.78. The second-order valence-electron chi connectivity index (χ2n) is 5.43. The zero-order chi connectivity index (χ0) is 12.5. The molecule has 1 aliphatic heterocycles. The van der Waals surface area contributed by atoms with Gasteiger partial charge in [-0.15, -0.1) is 0 Å². The minimum absolute atomic E-state index is 0.0458. The zero-order valence-electron chi connectivity index (χ0n) is 10.6. The predicted octanol–water partition coefficient (Wildman–Crippen LogP) is 2.67. The number of ether oxygens (including phenoxy) is 1. The number of aryl methyl sites for hydroxylation is 1. The molecule has 17 heavy (non-hydrogen) atoms. The van der Waals surface area contributed by atoms with Crippen molar-refractivity contribution in [2.24, 2.45) is 5.41 Å². The SMILES string of the molecule is Cc1cccc(CC(C)(C)C2CNC(=O)O2)c1. The quantitative estimate of drug-likeness (QED) is 0.871. The Morgan fingerprint density at radius 2 is 2.24 bits per heavy atom. The van der Waals surface area contributed by atoms with E-state index < -0.39 is 0 Å². The maximum atomic E-state index is 11.1. The van der Waals surface area contributed by atoms with Gasteiger partial charge in [-0.25, -0.2) is 4.79 Å². The lowest BCUT2D eigenvalue weighted by atomic mass is 9.80. The van der Waals surface area contributed by atoms with Crippen LogP contribution in [0.15, 0.2) is 24.3 Å². The van der Waals surface area contributed by atoms with E-state index in [0.29, 0.717) is 6.54 Å². The Balaban J connectivity index is 2.09. The molecule has 0 bridgehead atoms. The van der Waals surface area contributed by atoms with E-state index in [0.717, 1.165) is 6.42 Å². The molecule has 92 valence electrons. The van der Waals surface area contributed by atoms with Crippen LogP contribution in [-0.4, -0.2) is 18.7 Å². The average molecular weight is 233 g/mol. The Morgan fingerprint density at radius 1 is 1.47 bits per heavy atom. The number of amides is 1. The smallest absolute Gasteiger partial charge is 0.407 e. The molecular weight excluding hydrogens is 214 g/mol. The van der Waals surface area contributed by atoms with Gasteiger partial charge in [-0.05, 0) is 18.9 Å². The van der Waals surface area contributed by atoms with Crippen molar-refractivity contribution in [2.75, 3.05) is 6.54 Å². The van der Waals surface area contributed by atoms with Crippen LogP contribution >= 0.6 is 0 Å². The Labute approximate surface area is 102 Å². The van der Waals surface area contributed by atoms with Crippen molar-refractivity contribution in [2.45, 2.75) is 33.3 Å². The van der Waals surface area contributed by atoms with E-state index in [9.17, 15) is 4.79 Å². The van der Waals surface area contributed by atoms with Gasteiger partial charge in [-0.1, -0.05) is 43.7 Å². The first-order valence-electron chi connectivity index (χ1n) is 5.97. The zero-order valence-corrected chi connectivity index (χ0v) is 10.6. The molecule has 0 aromatic heterocycles. The largest absolute Gasteiger partial charge is 0.444 e. The first kappa shape index (κ1) is 12.0. The van der Waals surface area contributed by atoms with Crippen LogP contribution in [0.1, 0.15) is 25.0 Å². The van der Waals surface area contributed by atoms with Gasteiger partial charge in [0.15, 0.2) is 0 Å². The summed E-state index contributed by atoms with van der Waals surface area (Å²) in [6.07, 6.45) is 0.566. The molecule has 1 saturated heterocycles. The summed E-state index contributed by atoms with van der Waals surface area (Å²) in [5.74, 6) is 0. The Morgan fingerprint density at radius 3 is 2.82 bits per heavy atom. The van der Waals surface area contributed by atoms with Gasteiger partial charge >= 0.3 is 6.09 Å². The highest BCUT2D eigenvalue weighted by molar-refractivity contribution is 5.69. The molecule has 0 saturated carbocycles. The maximum Gasteiger partial charge on any atom is 0.407 e. The van der Waals surface area contributed by atoms with Gasteiger partial charge in [0.2, 0.25) is 0 Å². The molecule has 3 nitrogen and oxygen atoms in total. The summed E-state index contributed by atoms with van der Waals surface area (Å²) < 4.78 is 5.28. The molecule has 1 N–H and O–H groups in total. The van der Waals surface area contributed by atoms with Crippen LogP contribution in [0, 0.1) is 12.3 Å². The van der Waals surface area contributed by atoms with E-state index in [-0.39, 0.29) is 17.6 Å². The topological polar surface area (TPSA) is 38.3 Å². The lowest BCUT2D eigenvalue weighted by molar-refractivity contribution is 0.0623. The van der Waals surface area contributed by atoms with Gasteiger partial charge in [0.05, 0.1) is 6.54 Å². The fourth-order valence-electron chi connectivity index (χ4n) is 2.29. The first-order valence-corrected chi connectivity index (χ1v) is 5.97. The van der Waals surface area contributed by atoms with Crippen molar-refractivity contribution in [3.05, 3.63) is 35.4 Å². The van der Waals surface area contributed by atoms with Crippen LogP contribution in [0.5, 0.6) is 0 Å². The number of carbonyl (C=O) groups is 1. The van der Waals surface area contributed by atoms with Gasteiger partial charge in [-0.3, -0.25) is 0 Å². The van der Waals surface area contributed by atoms with Crippen molar-refractivity contribution >= 4 is 6.09 Å². The highest BCUT2D eigenvalue weighted by Gasteiger charge is 2.36. The normalized spacial score (nSPS) is 19.9. The van der Waals surface area contributed by atoms with Crippen LogP contribution in [0.4, 0.5) is 4.79 Å². The number of cyclic esters (lactones) is 1. The molecule has 1 unspecified atom stereocenters. The molecule has 1 aliphatic rings. The molecule has 1 fully saturated rings. The molecule has 1 heterocycles. The van der Waals surface area contributed by atoms with Crippen molar-refractivity contribution in [3.8, 4) is 0 Å². The number of carbonyl (C=O) groups excluding carboxylic acids is 1. The van der Waals surface area contributed by atoms with Crippen molar-refractivity contribution < 1.29 is 9.53 Å². The summed E-state index contributed by atoms with van der Waals surface area (Å²) in [5, 5.41) is 2.71. The van der Waals surface area contributed by atoms with Crippen molar-refractivity contribution in [1.29, 1.82) is 0 Å². The van der Waals surface area contributed by atoms with Crippen LogP contribution < -0.4 is 5.32 Å². The molecule has 1 atom stereocenters. The van der Waals surface area contributed by atoms with Gasteiger partial charge in [0, 0.05) is 5.41 Å². The number of nitrogens with one attached hydrogen (secondary N) is 1. The van der Waals surface area contributed by atoms with Crippen molar-refractivity contribution in [1.82, 2.24) is 5.32 Å². The summed E-state index contributed by atoms with van der Waals surface area (Å²) in [6.45, 7) is 6.98. The van der Waals surface area contributed by atoms with Crippen LogP contribution in [0.25, 0.3) is 0 Å². The highest BCUT2D eigenvalue weighted by Crippen LogP contribution is 2.30. The van der Waals surface area contributed by atoms with E-state index in [4.69, 9.17) is 4.74 Å². The number of hydrogen-bond acceptors (Lipinski definition) is 2. The first-order chi connectivity index (χ1) is 7.97. The Bertz CT molecular complexity index is 426.